The Morgan fingerprint density at radius 3 is 2.52 bits per heavy atom. The second-order valence-electron chi connectivity index (χ2n) is 11.3. The second kappa shape index (κ2) is 11.5. The van der Waals surface area contributed by atoms with Crippen LogP contribution in [-0.2, 0) is 29.7 Å². The Balaban J connectivity index is 1.47. The lowest BCUT2D eigenvalue weighted by atomic mass is 9.60. The highest BCUT2D eigenvalue weighted by Crippen LogP contribution is 2.51. The summed E-state index contributed by atoms with van der Waals surface area (Å²) < 4.78 is 113. The molecule has 3 aromatic heterocycles. The molecule has 0 saturated heterocycles. The number of allylic oxidation sites excluding steroid dienone is 1. The number of pyridine rings is 1. The summed E-state index contributed by atoms with van der Waals surface area (Å²) in [7, 11) is -3.06. The Labute approximate surface area is 259 Å². The fourth-order valence-corrected chi connectivity index (χ4v) is 7.96. The normalized spacial score (nSPS) is 20.0. The van der Waals surface area contributed by atoms with Crippen molar-refractivity contribution in [3.05, 3.63) is 95.1 Å². The number of ketones is 1. The van der Waals surface area contributed by atoms with Crippen LogP contribution in [0.15, 0.2) is 71.7 Å². The Morgan fingerprint density at radius 2 is 1.87 bits per heavy atom. The molecule has 0 N–H and O–H groups in total. The number of Topliss-reactive ketones (excluding diaryl/α,β-unsaturated/α-hetero) is 1. The second-order valence-corrected chi connectivity index (χ2v) is 13.2. The molecule has 3 heterocycles. The lowest BCUT2D eigenvalue weighted by molar-refractivity contribution is -0.137. The van der Waals surface area contributed by atoms with Crippen LogP contribution < -0.4 is 0 Å². The summed E-state index contributed by atoms with van der Waals surface area (Å²) in [4.78, 5) is 18.0. The van der Waals surface area contributed by atoms with Gasteiger partial charge in [-0.3, -0.25) is 14.5 Å². The number of alkyl halides is 5. The molecule has 16 heteroatoms. The van der Waals surface area contributed by atoms with Crippen LogP contribution in [0.1, 0.15) is 46.6 Å². The Hall–Kier alpha value is -4.31. The lowest BCUT2D eigenvalue weighted by Crippen LogP contribution is -2.51. The molecule has 0 spiro atoms. The van der Waals surface area contributed by atoms with Gasteiger partial charge in [0.1, 0.15) is 16.4 Å². The number of carbonyl (C=O) groups is 1. The molecule has 0 aliphatic heterocycles. The van der Waals surface area contributed by atoms with Crippen molar-refractivity contribution in [2.75, 3.05) is 6.54 Å². The molecule has 0 unspecified atom stereocenters. The zero-order valence-electron chi connectivity index (χ0n) is 24.1. The number of benzene rings is 1. The summed E-state index contributed by atoms with van der Waals surface area (Å²) in [5.74, 6) is -1.26. The summed E-state index contributed by atoms with van der Waals surface area (Å²) in [6.45, 7) is -1.17. The number of hydrogen-bond donors (Lipinski definition) is 0. The molecule has 0 radical (unpaired) electrons. The predicted octanol–water partition coefficient (Wildman–Crippen LogP) is 5.48. The number of rotatable bonds is 8. The van der Waals surface area contributed by atoms with Crippen molar-refractivity contribution in [3.63, 3.8) is 0 Å². The fourth-order valence-electron chi connectivity index (χ4n) is 6.34. The number of sulfonamides is 1. The third-order valence-electron chi connectivity index (χ3n) is 8.47. The summed E-state index contributed by atoms with van der Waals surface area (Å²) in [6.07, 6.45) is -1.93. The number of fused-ring (bicyclic) bond motifs is 2. The SMILES string of the molecule is Cn1cc(S(=O)(=O)N(CC(F)F)[C@H]2CCC3=Cc4c(cnn4-c4ccc(F)cc4)C[C@]3(C(=O)c3cc(C(F)(F)F)ccn3)C2)cn1. The Morgan fingerprint density at radius 1 is 1.13 bits per heavy atom. The van der Waals surface area contributed by atoms with Gasteiger partial charge in [0.2, 0.25) is 10.0 Å². The summed E-state index contributed by atoms with van der Waals surface area (Å²) >= 11 is 0. The van der Waals surface area contributed by atoms with E-state index in [9.17, 15) is 39.6 Å². The van der Waals surface area contributed by atoms with Crippen molar-refractivity contribution < 1.29 is 39.6 Å². The number of carbonyl (C=O) groups excluding carboxylic acids is 1. The first-order valence-corrected chi connectivity index (χ1v) is 15.5. The van der Waals surface area contributed by atoms with Crippen LogP contribution in [0.5, 0.6) is 0 Å². The monoisotopic (exact) mass is 664 g/mol. The maximum Gasteiger partial charge on any atom is 0.416 e. The van der Waals surface area contributed by atoms with E-state index >= 15 is 0 Å². The number of aryl methyl sites for hydroxylation is 1. The average molecular weight is 665 g/mol. The first-order valence-electron chi connectivity index (χ1n) is 14.1. The molecule has 2 aliphatic carbocycles. The van der Waals surface area contributed by atoms with Crippen LogP contribution in [0.25, 0.3) is 11.8 Å². The Kier molecular flexibility index (Phi) is 7.91. The van der Waals surface area contributed by atoms with E-state index in [0.717, 1.165) is 18.5 Å². The van der Waals surface area contributed by atoms with Gasteiger partial charge in [-0.25, -0.2) is 26.3 Å². The highest BCUT2D eigenvalue weighted by molar-refractivity contribution is 7.89. The van der Waals surface area contributed by atoms with E-state index in [2.05, 4.69) is 15.2 Å². The van der Waals surface area contributed by atoms with Crippen LogP contribution >= 0.6 is 0 Å². The molecular formula is C30H26F6N6O3S. The van der Waals surface area contributed by atoms with Gasteiger partial charge in [0.05, 0.1) is 41.3 Å². The van der Waals surface area contributed by atoms with Gasteiger partial charge in [-0.15, -0.1) is 0 Å². The van der Waals surface area contributed by atoms with E-state index in [1.807, 2.05) is 0 Å². The topological polar surface area (TPSA) is 103 Å². The minimum absolute atomic E-state index is 0.0448. The summed E-state index contributed by atoms with van der Waals surface area (Å²) in [5, 5.41) is 8.25. The number of hydrogen-bond acceptors (Lipinski definition) is 6. The van der Waals surface area contributed by atoms with Gasteiger partial charge in [-0.05, 0) is 73.7 Å². The smallest absolute Gasteiger partial charge is 0.291 e. The van der Waals surface area contributed by atoms with Crippen molar-refractivity contribution in [3.8, 4) is 5.69 Å². The van der Waals surface area contributed by atoms with Gasteiger partial charge in [-0.1, -0.05) is 5.57 Å². The van der Waals surface area contributed by atoms with E-state index < -0.39 is 63.5 Å². The quantitative estimate of drug-likeness (QED) is 0.183. The Bertz CT molecular complexity index is 1940. The molecule has 242 valence electrons. The van der Waals surface area contributed by atoms with E-state index in [-0.39, 0.29) is 30.6 Å². The van der Waals surface area contributed by atoms with Crippen molar-refractivity contribution in [2.24, 2.45) is 12.5 Å². The zero-order chi connectivity index (χ0) is 33.0. The van der Waals surface area contributed by atoms with Crippen molar-refractivity contribution >= 4 is 21.9 Å². The molecule has 46 heavy (non-hydrogen) atoms. The molecule has 6 rings (SSSR count). The first-order chi connectivity index (χ1) is 21.7. The maximum atomic E-state index is 14.4. The van der Waals surface area contributed by atoms with Crippen LogP contribution in [0.4, 0.5) is 26.3 Å². The maximum absolute atomic E-state index is 14.4. The number of nitrogens with zero attached hydrogens (tertiary/aromatic N) is 6. The van der Waals surface area contributed by atoms with Gasteiger partial charge < -0.3 is 0 Å². The summed E-state index contributed by atoms with van der Waals surface area (Å²) in [5.41, 5.74) is -1.19. The van der Waals surface area contributed by atoms with Crippen molar-refractivity contribution in [2.45, 2.75) is 49.2 Å². The van der Waals surface area contributed by atoms with Crippen molar-refractivity contribution in [1.29, 1.82) is 0 Å². The third-order valence-corrected chi connectivity index (χ3v) is 10.3. The zero-order valence-corrected chi connectivity index (χ0v) is 24.9. The predicted molar refractivity (Wildman–Crippen MR) is 152 cm³/mol. The van der Waals surface area contributed by atoms with E-state index in [0.29, 0.717) is 32.9 Å². The van der Waals surface area contributed by atoms with Gasteiger partial charge in [0.15, 0.2) is 5.78 Å². The van der Waals surface area contributed by atoms with E-state index in [4.69, 9.17) is 0 Å². The molecule has 2 atom stereocenters. The minimum atomic E-state index is -4.77. The highest BCUT2D eigenvalue weighted by Gasteiger charge is 2.52. The van der Waals surface area contributed by atoms with Crippen LogP contribution in [-0.4, -0.2) is 62.1 Å². The third kappa shape index (κ3) is 5.63. The van der Waals surface area contributed by atoms with E-state index in [1.54, 1.807) is 6.08 Å². The van der Waals surface area contributed by atoms with Gasteiger partial charge in [0, 0.05) is 25.5 Å². The molecular weight excluding hydrogens is 638 g/mol. The molecule has 1 saturated carbocycles. The number of halogens is 6. The first kappa shape index (κ1) is 31.7. The standard InChI is InChI=1S/C30H26F6N6O3S/c1-40-16-24(15-38-40)46(44,45)41(17-27(32)33)23-5-2-19-11-26-18(14-39-42(26)22-6-3-21(31)4-7-22)12-29(19,13-23)28(43)25-10-20(8-9-37-25)30(34,35)36/h3-4,6-11,14-16,23,27H,2,5,12-13,17H2,1H3/t23-,29-/m0/s1. The number of aromatic nitrogens is 5. The van der Waals surface area contributed by atoms with Gasteiger partial charge in [0.25, 0.3) is 6.43 Å². The van der Waals surface area contributed by atoms with Crippen LogP contribution in [0.2, 0.25) is 0 Å². The van der Waals surface area contributed by atoms with Crippen LogP contribution in [0, 0.1) is 11.2 Å². The van der Waals surface area contributed by atoms with E-state index in [1.165, 1.54) is 53.1 Å². The lowest BCUT2D eigenvalue weighted by Gasteiger charge is -2.46. The van der Waals surface area contributed by atoms with Gasteiger partial charge >= 0.3 is 6.18 Å². The largest absolute Gasteiger partial charge is 0.416 e. The molecule has 2 aliphatic rings. The molecule has 1 aromatic carbocycles. The molecule has 4 aromatic rings. The molecule has 1 fully saturated rings. The summed E-state index contributed by atoms with van der Waals surface area (Å²) in [6, 6.07) is 5.74. The fraction of sp³-hybridized carbons (Fsp3) is 0.333. The molecule has 0 amide bonds. The van der Waals surface area contributed by atoms with Crippen molar-refractivity contribution in [1.82, 2.24) is 28.9 Å². The molecule has 9 nitrogen and oxygen atoms in total. The highest BCUT2D eigenvalue weighted by atomic mass is 32.2. The van der Waals surface area contributed by atoms with Gasteiger partial charge in [-0.2, -0.15) is 27.7 Å². The van der Waals surface area contributed by atoms with Crippen LogP contribution in [0.3, 0.4) is 0 Å². The molecule has 0 bridgehead atoms. The minimum Gasteiger partial charge on any atom is -0.291 e. The average Bonchev–Trinajstić information content (AvgIpc) is 3.64.